The van der Waals surface area contributed by atoms with E-state index in [9.17, 15) is 9.90 Å². The monoisotopic (exact) mass is 303 g/mol. The fourth-order valence-corrected chi connectivity index (χ4v) is 2.08. The normalized spacial score (nSPS) is 12.4. The molecule has 0 heterocycles. The molecule has 0 aromatic heterocycles. The SMILES string of the molecule is C#CCN(C(=O)OC(C)(C)C)C(CO)c1ccc(CC)cc1. The summed E-state index contributed by atoms with van der Waals surface area (Å²) in [5.74, 6) is 2.46. The number of hydrogen-bond donors (Lipinski definition) is 1. The molecular formula is C18H25NO3. The number of carbonyl (C=O) groups excluding carboxylic acids is 1. The Kier molecular flexibility index (Phi) is 6.45. The zero-order chi connectivity index (χ0) is 16.8. The maximum atomic E-state index is 12.3. The van der Waals surface area contributed by atoms with Crippen LogP contribution in [0.3, 0.4) is 0 Å². The Balaban J connectivity index is 3.03. The molecule has 0 spiro atoms. The Hall–Kier alpha value is -1.99. The molecule has 1 rings (SSSR count). The van der Waals surface area contributed by atoms with E-state index in [0.29, 0.717) is 0 Å². The van der Waals surface area contributed by atoms with Crippen molar-refractivity contribution in [2.24, 2.45) is 0 Å². The van der Waals surface area contributed by atoms with E-state index in [-0.39, 0.29) is 13.2 Å². The third-order valence-corrected chi connectivity index (χ3v) is 3.21. The van der Waals surface area contributed by atoms with Gasteiger partial charge in [0.05, 0.1) is 19.2 Å². The van der Waals surface area contributed by atoms with Crippen molar-refractivity contribution in [3.05, 3.63) is 35.4 Å². The number of aryl methyl sites for hydroxylation is 1. The van der Waals surface area contributed by atoms with Gasteiger partial charge in [-0.1, -0.05) is 37.1 Å². The number of nitrogens with zero attached hydrogens (tertiary/aromatic N) is 1. The lowest BCUT2D eigenvalue weighted by Gasteiger charge is -2.31. The van der Waals surface area contributed by atoms with Crippen LogP contribution in [0.5, 0.6) is 0 Å². The average molecular weight is 303 g/mol. The van der Waals surface area contributed by atoms with Crippen molar-refractivity contribution >= 4 is 6.09 Å². The second kappa shape index (κ2) is 7.86. The van der Waals surface area contributed by atoms with Crippen LogP contribution in [0.15, 0.2) is 24.3 Å². The summed E-state index contributed by atoms with van der Waals surface area (Å²) in [6.07, 6.45) is 5.78. The van der Waals surface area contributed by atoms with E-state index in [2.05, 4.69) is 12.8 Å². The summed E-state index contributed by atoms with van der Waals surface area (Å²) >= 11 is 0. The summed E-state index contributed by atoms with van der Waals surface area (Å²) in [7, 11) is 0. The largest absolute Gasteiger partial charge is 0.444 e. The zero-order valence-corrected chi connectivity index (χ0v) is 13.8. The molecule has 1 aromatic carbocycles. The first-order valence-electron chi connectivity index (χ1n) is 7.45. The minimum absolute atomic E-state index is 0.0790. The van der Waals surface area contributed by atoms with Crippen LogP contribution in [0.4, 0.5) is 4.79 Å². The van der Waals surface area contributed by atoms with Gasteiger partial charge in [-0.25, -0.2) is 4.79 Å². The van der Waals surface area contributed by atoms with Crippen LogP contribution in [0.2, 0.25) is 0 Å². The van der Waals surface area contributed by atoms with Gasteiger partial charge in [0.15, 0.2) is 0 Å². The number of benzene rings is 1. The number of aliphatic hydroxyl groups is 1. The Morgan fingerprint density at radius 1 is 1.36 bits per heavy atom. The molecule has 1 aromatic rings. The average Bonchev–Trinajstić information content (AvgIpc) is 2.46. The molecule has 22 heavy (non-hydrogen) atoms. The summed E-state index contributed by atoms with van der Waals surface area (Å²) in [5, 5.41) is 9.73. The molecule has 1 atom stereocenters. The number of terminal acetylenes is 1. The van der Waals surface area contributed by atoms with E-state index in [4.69, 9.17) is 11.2 Å². The maximum Gasteiger partial charge on any atom is 0.411 e. The predicted octanol–water partition coefficient (Wildman–Crippen LogP) is 3.15. The first kappa shape index (κ1) is 18.1. The van der Waals surface area contributed by atoms with Gasteiger partial charge in [0.2, 0.25) is 0 Å². The second-order valence-corrected chi connectivity index (χ2v) is 6.11. The van der Waals surface area contributed by atoms with Crippen molar-refractivity contribution in [1.82, 2.24) is 4.90 Å². The molecule has 1 unspecified atom stereocenters. The minimum atomic E-state index is -0.615. The van der Waals surface area contributed by atoms with Crippen LogP contribution >= 0.6 is 0 Å². The van der Waals surface area contributed by atoms with Crippen LogP contribution in [-0.4, -0.2) is 34.9 Å². The van der Waals surface area contributed by atoms with Crippen LogP contribution in [0.25, 0.3) is 0 Å². The van der Waals surface area contributed by atoms with Crippen molar-refractivity contribution < 1.29 is 14.6 Å². The number of amides is 1. The molecule has 1 amide bonds. The molecule has 4 heteroatoms. The van der Waals surface area contributed by atoms with Crippen molar-refractivity contribution in [3.8, 4) is 12.3 Å². The van der Waals surface area contributed by atoms with Gasteiger partial charge >= 0.3 is 6.09 Å². The number of hydrogen-bond acceptors (Lipinski definition) is 3. The zero-order valence-electron chi connectivity index (χ0n) is 13.8. The van der Waals surface area contributed by atoms with Crippen LogP contribution in [0, 0.1) is 12.3 Å². The van der Waals surface area contributed by atoms with E-state index < -0.39 is 17.7 Å². The molecule has 4 nitrogen and oxygen atoms in total. The molecule has 1 N–H and O–H groups in total. The predicted molar refractivity (Wildman–Crippen MR) is 87.4 cm³/mol. The molecule has 0 radical (unpaired) electrons. The lowest BCUT2D eigenvalue weighted by molar-refractivity contribution is 0.0125. The lowest BCUT2D eigenvalue weighted by atomic mass is 10.0. The third-order valence-electron chi connectivity index (χ3n) is 3.21. The van der Waals surface area contributed by atoms with Gasteiger partial charge in [-0.15, -0.1) is 6.42 Å². The molecule has 0 aliphatic carbocycles. The second-order valence-electron chi connectivity index (χ2n) is 6.11. The number of carbonyl (C=O) groups is 1. The van der Waals surface area contributed by atoms with Gasteiger partial charge in [0, 0.05) is 0 Å². The first-order chi connectivity index (χ1) is 10.3. The van der Waals surface area contributed by atoms with Crippen molar-refractivity contribution in [2.75, 3.05) is 13.2 Å². The molecule has 0 saturated heterocycles. The number of rotatable bonds is 5. The first-order valence-corrected chi connectivity index (χ1v) is 7.45. The molecule has 0 bridgehead atoms. The maximum absolute atomic E-state index is 12.3. The molecule has 0 aliphatic rings. The van der Waals surface area contributed by atoms with E-state index in [1.807, 2.05) is 24.3 Å². The van der Waals surface area contributed by atoms with Crippen molar-refractivity contribution in [1.29, 1.82) is 0 Å². The lowest BCUT2D eigenvalue weighted by Crippen LogP contribution is -2.40. The van der Waals surface area contributed by atoms with Crippen molar-refractivity contribution in [3.63, 3.8) is 0 Å². The minimum Gasteiger partial charge on any atom is -0.444 e. The third kappa shape index (κ3) is 5.09. The molecule has 0 fully saturated rings. The summed E-state index contributed by atoms with van der Waals surface area (Å²) in [5.41, 5.74) is 1.41. The summed E-state index contributed by atoms with van der Waals surface area (Å²) in [4.78, 5) is 13.7. The topological polar surface area (TPSA) is 49.8 Å². The highest BCUT2D eigenvalue weighted by Crippen LogP contribution is 2.23. The van der Waals surface area contributed by atoms with Gasteiger partial charge in [-0.05, 0) is 38.3 Å². The molecule has 0 saturated carbocycles. The Morgan fingerprint density at radius 2 is 1.95 bits per heavy atom. The van der Waals surface area contributed by atoms with Crippen LogP contribution in [0.1, 0.15) is 44.9 Å². The number of aliphatic hydroxyl groups excluding tert-OH is 1. The molecular weight excluding hydrogens is 278 g/mol. The standard InChI is InChI=1S/C18H25NO3/c1-6-12-19(17(21)22-18(3,4)5)16(13-20)15-10-8-14(7-2)9-11-15/h1,8-11,16,20H,7,12-13H2,2-5H3. The van der Waals surface area contributed by atoms with Gasteiger partial charge < -0.3 is 9.84 Å². The van der Waals surface area contributed by atoms with E-state index in [0.717, 1.165) is 12.0 Å². The van der Waals surface area contributed by atoms with Gasteiger partial charge in [0.1, 0.15) is 5.60 Å². The fourth-order valence-electron chi connectivity index (χ4n) is 2.08. The highest BCUT2D eigenvalue weighted by molar-refractivity contribution is 5.69. The van der Waals surface area contributed by atoms with Gasteiger partial charge in [0.25, 0.3) is 0 Å². The quantitative estimate of drug-likeness (QED) is 0.850. The molecule has 0 aliphatic heterocycles. The Labute approximate surface area is 133 Å². The molecule has 120 valence electrons. The van der Waals surface area contributed by atoms with Crippen LogP contribution < -0.4 is 0 Å². The van der Waals surface area contributed by atoms with Gasteiger partial charge in [-0.2, -0.15) is 0 Å². The fraction of sp³-hybridized carbons (Fsp3) is 0.500. The smallest absolute Gasteiger partial charge is 0.411 e. The van der Waals surface area contributed by atoms with E-state index in [1.165, 1.54) is 10.5 Å². The number of ether oxygens (including phenoxy) is 1. The Bertz CT molecular complexity index is 523. The summed E-state index contributed by atoms with van der Waals surface area (Å²) < 4.78 is 5.38. The van der Waals surface area contributed by atoms with Gasteiger partial charge in [-0.3, -0.25) is 4.90 Å². The van der Waals surface area contributed by atoms with Crippen molar-refractivity contribution in [2.45, 2.75) is 45.8 Å². The summed E-state index contributed by atoms with van der Waals surface area (Å²) in [6, 6.07) is 7.28. The highest BCUT2D eigenvalue weighted by atomic mass is 16.6. The summed E-state index contributed by atoms with van der Waals surface area (Å²) in [6.45, 7) is 7.32. The van der Waals surface area contributed by atoms with Crippen LogP contribution in [-0.2, 0) is 11.2 Å². The van der Waals surface area contributed by atoms with E-state index in [1.54, 1.807) is 20.8 Å². The Morgan fingerprint density at radius 3 is 2.36 bits per heavy atom. The van der Waals surface area contributed by atoms with E-state index >= 15 is 0 Å². The highest BCUT2D eigenvalue weighted by Gasteiger charge is 2.28.